The van der Waals surface area contributed by atoms with Gasteiger partial charge in [0.25, 0.3) is 0 Å². The Bertz CT molecular complexity index is 1140. The summed E-state index contributed by atoms with van der Waals surface area (Å²) < 4.78 is 15.7. The van der Waals surface area contributed by atoms with E-state index >= 15 is 0 Å². The fraction of sp³-hybridized carbons (Fsp3) is 0.190. The van der Waals surface area contributed by atoms with Crippen molar-refractivity contribution in [2.45, 2.75) is 19.8 Å². The average molecular weight is 366 g/mol. The van der Waals surface area contributed by atoms with Crippen LogP contribution in [-0.4, -0.2) is 16.6 Å². The van der Waals surface area contributed by atoms with Gasteiger partial charge in [-0.05, 0) is 59.7 Å². The van der Waals surface area contributed by atoms with E-state index in [1.807, 2.05) is 37.6 Å². The molecule has 1 unspecified atom stereocenters. The van der Waals surface area contributed by atoms with Crippen molar-refractivity contribution in [3.63, 3.8) is 0 Å². The molecule has 0 saturated carbocycles. The van der Waals surface area contributed by atoms with Gasteiger partial charge in [-0.1, -0.05) is 19.1 Å². The van der Waals surface area contributed by atoms with E-state index in [0.29, 0.717) is 23.2 Å². The lowest BCUT2D eigenvalue weighted by molar-refractivity contribution is 0.477. The Morgan fingerprint density at radius 2 is 2.08 bits per heavy atom. The van der Waals surface area contributed by atoms with Gasteiger partial charge in [0.2, 0.25) is 0 Å². The third-order valence-corrected chi connectivity index (χ3v) is 5.77. The summed E-state index contributed by atoms with van der Waals surface area (Å²) in [5, 5.41) is 14.6. The zero-order valence-electron chi connectivity index (χ0n) is 14.6. The first-order valence-corrected chi connectivity index (χ1v) is 9.37. The molecule has 0 spiro atoms. The summed E-state index contributed by atoms with van der Waals surface area (Å²) in [4.78, 5) is 4.58. The summed E-state index contributed by atoms with van der Waals surface area (Å²) in [6.45, 7) is 4.20. The Morgan fingerprint density at radius 1 is 1.27 bits per heavy atom. The van der Waals surface area contributed by atoms with E-state index < -0.39 is 0 Å². The maximum absolute atomic E-state index is 14.7. The van der Waals surface area contributed by atoms with Gasteiger partial charge in [-0.15, -0.1) is 11.3 Å². The Balaban J connectivity index is 2.05. The van der Waals surface area contributed by atoms with Crippen molar-refractivity contribution in [3.8, 4) is 16.9 Å². The second-order valence-electron chi connectivity index (χ2n) is 6.64. The third kappa shape index (κ3) is 2.55. The summed E-state index contributed by atoms with van der Waals surface area (Å²) in [5.74, 6) is -0.230. The number of rotatable bonds is 3. The highest BCUT2D eigenvalue weighted by molar-refractivity contribution is 7.17. The molecule has 4 aromatic rings. The number of aromatic nitrogens is 1. The first-order valence-electron chi connectivity index (χ1n) is 8.49. The van der Waals surface area contributed by atoms with Crippen LogP contribution < -0.4 is 5.73 Å². The number of hydrogen-bond donors (Lipinski definition) is 2. The average Bonchev–Trinajstić information content (AvgIpc) is 3.10. The van der Waals surface area contributed by atoms with Crippen LogP contribution in [0.2, 0.25) is 0 Å². The SMILES string of the molecule is Cc1cc(O)c(-c2ccc(C(C)CN)c(F)c2)c2c1ncc1sccc12. The molecule has 26 heavy (non-hydrogen) atoms. The molecule has 2 aromatic heterocycles. The van der Waals surface area contributed by atoms with Gasteiger partial charge in [0, 0.05) is 22.5 Å². The number of phenols is 1. The summed E-state index contributed by atoms with van der Waals surface area (Å²) in [5.41, 5.74) is 9.23. The van der Waals surface area contributed by atoms with Gasteiger partial charge in [-0.25, -0.2) is 4.39 Å². The van der Waals surface area contributed by atoms with Crippen LogP contribution in [0.3, 0.4) is 0 Å². The molecule has 0 radical (unpaired) electrons. The molecule has 0 fully saturated rings. The van der Waals surface area contributed by atoms with E-state index in [1.165, 1.54) is 6.07 Å². The predicted octanol–water partition coefficient (Wildman–Crippen LogP) is 5.33. The maximum Gasteiger partial charge on any atom is 0.127 e. The van der Waals surface area contributed by atoms with Gasteiger partial charge in [0.15, 0.2) is 0 Å². The zero-order chi connectivity index (χ0) is 18.4. The van der Waals surface area contributed by atoms with Crippen molar-refractivity contribution < 1.29 is 9.50 Å². The van der Waals surface area contributed by atoms with Gasteiger partial charge in [-0.3, -0.25) is 4.98 Å². The van der Waals surface area contributed by atoms with Crippen LogP contribution in [-0.2, 0) is 0 Å². The molecule has 1 atom stereocenters. The van der Waals surface area contributed by atoms with Gasteiger partial charge in [-0.2, -0.15) is 0 Å². The van der Waals surface area contributed by atoms with Crippen molar-refractivity contribution in [1.29, 1.82) is 0 Å². The number of hydrogen-bond acceptors (Lipinski definition) is 4. The Hall–Kier alpha value is -2.50. The lowest BCUT2D eigenvalue weighted by atomic mass is 9.92. The fourth-order valence-electron chi connectivity index (χ4n) is 3.47. The summed E-state index contributed by atoms with van der Waals surface area (Å²) >= 11 is 1.60. The van der Waals surface area contributed by atoms with Gasteiger partial charge < -0.3 is 10.8 Å². The van der Waals surface area contributed by atoms with Gasteiger partial charge in [0.1, 0.15) is 11.6 Å². The Kier molecular flexibility index (Phi) is 4.13. The molecule has 0 saturated heterocycles. The van der Waals surface area contributed by atoms with E-state index in [4.69, 9.17) is 5.73 Å². The van der Waals surface area contributed by atoms with Crippen LogP contribution in [0, 0.1) is 12.7 Å². The monoisotopic (exact) mass is 366 g/mol. The standard InChI is InChI=1S/C21H19FN2OS/c1-11-7-17(25)19(13-3-4-14(12(2)9-23)16(22)8-13)20-15-5-6-26-18(15)10-24-21(11)20/h3-8,10,12,25H,9,23H2,1-2H3. The van der Waals surface area contributed by atoms with Crippen molar-refractivity contribution in [2.75, 3.05) is 6.54 Å². The number of benzene rings is 2. The molecular weight excluding hydrogens is 347 g/mol. The number of nitrogens with zero attached hydrogens (tertiary/aromatic N) is 1. The lowest BCUT2D eigenvalue weighted by Crippen LogP contribution is -2.10. The second kappa shape index (κ2) is 6.34. The van der Waals surface area contributed by atoms with Gasteiger partial charge >= 0.3 is 0 Å². The van der Waals surface area contributed by atoms with E-state index in [1.54, 1.807) is 23.5 Å². The van der Waals surface area contributed by atoms with Crippen LogP contribution in [0.1, 0.15) is 24.0 Å². The molecule has 0 amide bonds. The molecule has 5 heteroatoms. The topological polar surface area (TPSA) is 59.1 Å². The first kappa shape index (κ1) is 16.9. The predicted molar refractivity (Wildman–Crippen MR) is 106 cm³/mol. The first-order chi connectivity index (χ1) is 12.5. The molecule has 0 aliphatic rings. The highest BCUT2D eigenvalue weighted by atomic mass is 32.1. The highest BCUT2D eigenvalue weighted by Crippen LogP contribution is 2.42. The van der Waals surface area contributed by atoms with Crippen LogP contribution in [0.4, 0.5) is 4.39 Å². The van der Waals surface area contributed by atoms with E-state index in [-0.39, 0.29) is 17.5 Å². The molecule has 3 nitrogen and oxygen atoms in total. The van der Waals surface area contributed by atoms with E-state index in [2.05, 4.69) is 4.98 Å². The van der Waals surface area contributed by atoms with E-state index in [0.717, 1.165) is 26.6 Å². The number of aromatic hydroxyl groups is 1. The van der Waals surface area contributed by atoms with Crippen LogP contribution in [0.15, 0.2) is 41.9 Å². The minimum absolute atomic E-state index is 0.0577. The molecule has 0 aliphatic carbocycles. The number of thiophene rings is 1. The van der Waals surface area contributed by atoms with Crippen molar-refractivity contribution in [1.82, 2.24) is 4.98 Å². The lowest BCUT2D eigenvalue weighted by Gasteiger charge is -2.15. The van der Waals surface area contributed by atoms with Gasteiger partial charge in [0.05, 0.1) is 10.2 Å². The molecular formula is C21H19FN2OS. The molecule has 0 aliphatic heterocycles. The Morgan fingerprint density at radius 3 is 2.81 bits per heavy atom. The minimum Gasteiger partial charge on any atom is -0.507 e. The fourth-order valence-corrected chi connectivity index (χ4v) is 4.23. The quantitative estimate of drug-likeness (QED) is 0.515. The number of fused-ring (bicyclic) bond motifs is 3. The smallest absolute Gasteiger partial charge is 0.127 e. The molecule has 3 N–H and O–H groups in total. The van der Waals surface area contributed by atoms with Crippen LogP contribution in [0.5, 0.6) is 5.75 Å². The summed E-state index contributed by atoms with van der Waals surface area (Å²) in [7, 11) is 0. The van der Waals surface area contributed by atoms with Crippen molar-refractivity contribution >= 4 is 32.3 Å². The third-order valence-electron chi connectivity index (χ3n) is 4.92. The summed E-state index contributed by atoms with van der Waals surface area (Å²) in [6.07, 6.45) is 1.85. The number of phenolic OH excluding ortho intramolecular Hbond substituents is 1. The largest absolute Gasteiger partial charge is 0.507 e. The molecule has 0 bridgehead atoms. The zero-order valence-corrected chi connectivity index (χ0v) is 15.4. The number of nitrogens with two attached hydrogens (primary N) is 1. The second-order valence-corrected chi connectivity index (χ2v) is 7.59. The van der Waals surface area contributed by atoms with Crippen molar-refractivity contribution in [3.05, 3.63) is 58.9 Å². The highest BCUT2D eigenvalue weighted by Gasteiger charge is 2.18. The molecule has 2 aromatic carbocycles. The maximum atomic E-state index is 14.7. The van der Waals surface area contributed by atoms with Crippen LogP contribution in [0.25, 0.3) is 32.1 Å². The van der Waals surface area contributed by atoms with Crippen molar-refractivity contribution in [2.24, 2.45) is 5.73 Å². The molecule has 2 heterocycles. The minimum atomic E-state index is -0.306. The normalized spacial score (nSPS) is 12.8. The number of halogens is 1. The number of pyridine rings is 1. The van der Waals surface area contributed by atoms with E-state index in [9.17, 15) is 9.50 Å². The van der Waals surface area contributed by atoms with Crippen LogP contribution >= 0.6 is 11.3 Å². The molecule has 132 valence electrons. The molecule has 4 rings (SSSR count). The number of aryl methyl sites for hydroxylation is 1. The Labute approximate surface area is 154 Å². The summed E-state index contributed by atoms with van der Waals surface area (Å²) in [6, 6.07) is 8.80.